The van der Waals surface area contributed by atoms with E-state index >= 15 is 0 Å². The standard InChI is InChI=1S/C17H30N2/c1-7-19(8-2)17(6,18)13-14-9-11-15(12-10-14)16(3,4)5/h9-12H,7-8,13,18H2,1-6H3. The highest BCUT2D eigenvalue weighted by molar-refractivity contribution is 5.28. The van der Waals surface area contributed by atoms with Crippen LogP contribution in [-0.2, 0) is 11.8 Å². The summed E-state index contributed by atoms with van der Waals surface area (Å²) < 4.78 is 0. The summed E-state index contributed by atoms with van der Waals surface area (Å²) in [6, 6.07) is 8.89. The van der Waals surface area contributed by atoms with E-state index in [-0.39, 0.29) is 11.1 Å². The minimum absolute atomic E-state index is 0.212. The number of likely N-dealkylation sites (N-methyl/N-ethyl adjacent to an activating group) is 1. The topological polar surface area (TPSA) is 29.3 Å². The van der Waals surface area contributed by atoms with Crippen LogP contribution in [0.25, 0.3) is 0 Å². The molecule has 0 aliphatic rings. The molecule has 0 fully saturated rings. The third-order valence-electron chi connectivity index (χ3n) is 3.87. The first kappa shape index (κ1) is 16.2. The predicted molar refractivity (Wildman–Crippen MR) is 84.4 cm³/mol. The molecule has 0 heterocycles. The van der Waals surface area contributed by atoms with Gasteiger partial charge in [0.05, 0.1) is 5.66 Å². The zero-order valence-electron chi connectivity index (χ0n) is 13.5. The summed E-state index contributed by atoms with van der Waals surface area (Å²) in [6.07, 6.45) is 0.888. The van der Waals surface area contributed by atoms with E-state index in [0.717, 1.165) is 19.5 Å². The number of nitrogens with two attached hydrogens (primary N) is 1. The number of hydrogen-bond acceptors (Lipinski definition) is 2. The lowest BCUT2D eigenvalue weighted by molar-refractivity contribution is 0.123. The predicted octanol–water partition coefficient (Wildman–Crippen LogP) is 3.54. The molecule has 0 saturated heterocycles. The van der Waals surface area contributed by atoms with E-state index in [2.05, 4.69) is 70.7 Å². The van der Waals surface area contributed by atoms with Crippen LogP contribution in [0.5, 0.6) is 0 Å². The molecule has 19 heavy (non-hydrogen) atoms. The first-order valence-corrected chi connectivity index (χ1v) is 7.34. The number of nitrogens with zero attached hydrogens (tertiary/aromatic N) is 1. The van der Waals surface area contributed by atoms with Gasteiger partial charge in [0.25, 0.3) is 0 Å². The monoisotopic (exact) mass is 262 g/mol. The summed E-state index contributed by atoms with van der Waals surface area (Å²) >= 11 is 0. The number of rotatable bonds is 5. The van der Waals surface area contributed by atoms with E-state index in [9.17, 15) is 0 Å². The maximum Gasteiger partial charge on any atom is 0.0699 e. The van der Waals surface area contributed by atoms with E-state index in [4.69, 9.17) is 5.73 Å². The van der Waals surface area contributed by atoms with E-state index < -0.39 is 0 Å². The molecular weight excluding hydrogens is 232 g/mol. The summed E-state index contributed by atoms with van der Waals surface area (Å²) in [5.74, 6) is 0. The molecule has 2 heteroatoms. The average molecular weight is 262 g/mol. The van der Waals surface area contributed by atoms with Crippen LogP contribution in [0.2, 0.25) is 0 Å². The van der Waals surface area contributed by atoms with Gasteiger partial charge in [-0.15, -0.1) is 0 Å². The molecule has 0 radical (unpaired) electrons. The highest BCUT2D eigenvalue weighted by Crippen LogP contribution is 2.23. The van der Waals surface area contributed by atoms with E-state index in [1.165, 1.54) is 11.1 Å². The summed E-state index contributed by atoms with van der Waals surface area (Å²) in [4.78, 5) is 2.31. The third kappa shape index (κ3) is 4.32. The molecule has 1 unspecified atom stereocenters. The Hall–Kier alpha value is -0.860. The second-order valence-electron chi connectivity index (χ2n) is 6.65. The molecule has 1 aromatic rings. The first-order valence-electron chi connectivity index (χ1n) is 7.34. The van der Waals surface area contributed by atoms with Crippen LogP contribution < -0.4 is 5.73 Å². The average Bonchev–Trinajstić information content (AvgIpc) is 2.29. The lowest BCUT2D eigenvalue weighted by atomic mass is 9.86. The maximum atomic E-state index is 6.46. The Balaban J connectivity index is 2.83. The summed E-state index contributed by atoms with van der Waals surface area (Å²) in [5, 5.41) is 0. The molecular formula is C17H30N2. The van der Waals surface area contributed by atoms with Gasteiger partial charge in [-0.3, -0.25) is 4.90 Å². The Labute approximate surface area is 119 Å². The number of hydrogen-bond donors (Lipinski definition) is 1. The van der Waals surface area contributed by atoms with Gasteiger partial charge in [0.1, 0.15) is 0 Å². The van der Waals surface area contributed by atoms with Crippen molar-refractivity contribution in [1.82, 2.24) is 4.90 Å². The maximum absolute atomic E-state index is 6.46. The quantitative estimate of drug-likeness (QED) is 0.822. The number of benzene rings is 1. The van der Waals surface area contributed by atoms with E-state index in [1.54, 1.807) is 0 Å². The molecule has 0 aliphatic heterocycles. The van der Waals surface area contributed by atoms with Crippen LogP contribution in [0, 0.1) is 0 Å². The van der Waals surface area contributed by atoms with Crippen molar-refractivity contribution in [3.63, 3.8) is 0 Å². The molecule has 1 atom stereocenters. The molecule has 1 rings (SSSR count). The molecule has 1 aromatic carbocycles. The van der Waals surface area contributed by atoms with Crippen LogP contribution in [-0.4, -0.2) is 23.7 Å². The smallest absolute Gasteiger partial charge is 0.0699 e. The van der Waals surface area contributed by atoms with Crippen molar-refractivity contribution < 1.29 is 0 Å². The molecule has 108 valence electrons. The van der Waals surface area contributed by atoms with Gasteiger partial charge in [-0.05, 0) is 36.6 Å². The van der Waals surface area contributed by atoms with Crippen LogP contribution in [0.15, 0.2) is 24.3 Å². The van der Waals surface area contributed by atoms with Crippen molar-refractivity contribution in [3.8, 4) is 0 Å². The van der Waals surface area contributed by atoms with Crippen LogP contribution in [0.3, 0.4) is 0 Å². The van der Waals surface area contributed by atoms with Crippen molar-refractivity contribution >= 4 is 0 Å². The Morgan fingerprint density at radius 2 is 1.42 bits per heavy atom. The zero-order chi connectivity index (χ0) is 14.7. The molecule has 2 N–H and O–H groups in total. The van der Waals surface area contributed by atoms with Gasteiger partial charge in [0.2, 0.25) is 0 Å². The summed E-state index contributed by atoms with van der Waals surface area (Å²) in [6.45, 7) is 15.2. The minimum atomic E-state index is -0.271. The van der Waals surface area contributed by atoms with Crippen molar-refractivity contribution in [2.45, 2.75) is 59.0 Å². The highest BCUT2D eigenvalue weighted by atomic mass is 15.3. The first-order chi connectivity index (χ1) is 8.70. The van der Waals surface area contributed by atoms with Gasteiger partial charge >= 0.3 is 0 Å². The van der Waals surface area contributed by atoms with Gasteiger partial charge in [-0.2, -0.15) is 0 Å². The van der Waals surface area contributed by atoms with Gasteiger partial charge in [0.15, 0.2) is 0 Å². The van der Waals surface area contributed by atoms with Crippen molar-refractivity contribution in [1.29, 1.82) is 0 Å². The zero-order valence-corrected chi connectivity index (χ0v) is 13.5. The second kappa shape index (κ2) is 6.06. The van der Waals surface area contributed by atoms with Gasteiger partial charge in [-0.1, -0.05) is 58.9 Å². The molecule has 0 bridgehead atoms. The van der Waals surface area contributed by atoms with Gasteiger partial charge in [0, 0.05) is 6.42 Å². The minimum Gasteiger partial charge on any atom is -0.313 e. The largest absolute Gasteiger partial charge is 0.313 e. The fraction of sp³-hybridized carbons (Fsp3) is 0.647. The van der Waals surface area contributed by atoms with Crippen LogP contribution in [0.1, 0.15) is 52.7 Å². The highest BCUT2D eigenvalue weighted by Gasteiger charge is 2.25. The van der Waals surface area contributed by atoms with Gasteiger partial charge < -0.3 is 5.73 Å². The SMILES string of the molecule is CCN(CC)C(C)(N)Cc1ccc(C(C)(C)C)cc1. The molecule has 0 amide bonds. The summed E-state index contributed by atoms with van der Waals surface area (Å²) in [5.41, 5.74) is 9.09. The van der Waals surface area contributed by atoms with Crippen LogP contribution >= 0.6 is 0 Å². The Kier molecular flexibility index (Phi) is 5.17. The fourth-order valence-electron chi connectivity index (χ4n) is 2.59. The molecule has 0 spiro atoms. The lowest BCUT2D eigenvalue weighted by Crippen LogP contribution is -2.55. The molecule has 0 aliphatic carbocycles. The second-order valence-corrected chi connectivity index (χ2v) is 6.65. The molecule has 0 aromatic heterocycles. The lowest BCUT2D eigenvalue weighted by Gasteiger charge is -2.37. The molecule has 2 nitrogen and oxygen atoms in total. The van der Waals surface area contributed by atoms with Crippen molar-refractivity contribution in [2.75, 3.05) is 13.1 Å². The Morgan fingerprint density at radius 1 is 0.947 bits per heavy atom. The van der Waals surface area contributed by atoms with Crippen LogP contribution in [0.4, 0.5) is 0 Å². The van der Waals surface area contributed by atoms with Gasteiger partial charge in [-0.25, -0.2) is 0 Å². The summed E-state index contributed by atoms with van der Waals surface area (Å²) in [7, 11) is 0. The van der Waals surface area contributed by atoms with Crippen molar-refractivity contribution in [3.05, 3.63) is 35.4 Å². The van der Waals surface area contributed by atoms with Crippen molar-refractivity contribution in [2.24, 2.45) is 5.73 Å². The van der Waals surface area contributed by atoms with E-state index in [0.29, 0.717) is 0 Å². The Bertz CT molecular complexity index is 381. The Morgan fingerprint density at radius 3 is 1.79 bits per heavy atom. The third-order valence-corrected chi connectivity index (χ3v) is 3.87. The molecule has 0 saturated carbocycles. The normalized spacial score (nSPS) is 15.6. The fourth-order valence-corrected chi connectivity index (χ4v) is 2.59. The van der Waals surface area contributed by atoms with E-state index in [1.807, 2.05) is 0 Å².